The van der Waals surface area contributed by atoms with Crippen LogP contribution in [0, 0.1) is 20.8 Å². The summed E-state index contributed by atoms with van der Waals surface area (Å²) in [5.41, 5.74) is 4.66. The number of nitrogens with one attached hydrogen (secondary N) is 2. The van der Waals surface area contributed by atoms with Gasteiger partial charge in [0, 0.05) is 22.2 Å². The van der Waals surface area contributed by atoms with Crippen molar-refractivity contribution in [3.63, 3.8) is 0 Å². The van der Waals surface area contributed by atoms with Gasteiger partial charge in [0.25, 0.3) is 0 Å². The fourth-order valence-corrected chi connectivity index (χ4v) is 3.50. The molecule has 2 aromatic heterocycles. The van der Waals surface area contributed by atoms with Crippen molar-refractivity contribution in [3.05, 3.63) is 21.7 Å². The highest BCUT2D eigenvalue weighted by Gasteiger charge is 2.24. The maximum Gasteiger partial charge on any atom is 0.183 e. The maximum atomic E-state index is 11.7. The smallest absolute Gasteiger partial charge is 0.183 e. The number of nitrogens with zero attached hydrogens (tertiary/aromatic N) is 1. The second-order valence-corrected chi connectivity index (χ2v) is 6.73. The van der Waals surface area contributed by atoms with Crippen LogP contribution in [0.1, 0.15) is 46.3 Å². The molecular formula is C15H19N3OS. The molecule has 1 fully saturated rings. The number of H-pyrrole nitrogens is 1. The topological polar surface area (TPSA) is 57.8 Å². The molecule has 0 unspecified atom stereocenters. The number of thiazole rings is 1. The molecule has 106 valence electrons. The maximum absolute atomic E-state index is 11.7. The molecule has 0 spiro atoms. The molecular weight excluding hydrogens is 270 g/mol. The molecule has 1 aliphatic carbocycles. The Hall–Kier alpha value is -1.62. The van der Waals surface area contributed by atoms with Gasteiger partial charge in [-0.2, -0.15) is 0 Å². The Morgan fingerprint density at radius 2 is 2.05 bits per heavy atom. The van der Waals surface area contributed by atoms with Crippen molar-refractivity contribution in [1.29, 1.82) is 0 Å². The summed E-state index contributed by atoms with van der Waals surface area (Å²) in [4.78, 5) is 20.9. The van der Waals surface area contributed by atoms with Gasteiger partial charge in [-0.05, 0) is 46.1 Å². The zero-order valence-corrected chi connectivity index (χ0v) is 13.1. The van der Waals surface area contributed by atoms with Gasteiger partial charge in [0.05, 0.1) is 5.69 Å². The quantitative estimate of drug-likeness (QED) is 0.841. The van der Waals surface area contributed by atoms with Crippen LogP contribution in [0.4, 0.5) is 5.13 Å². The fraction of sp³-hybridized carbons (Fsp3) is 0.467. The number of Topliss-reactive ketones (excluding diaryl/α,β-unsaturated/α-hetero) is 1. The number of carbonyl (C=O) groups is 1. The highest BCUT2D eigenvalue weighted by atomic mass is 32.1. The third-order valence-corrected chi connectivity index (χ3v) is 4.63. The summed E-state index contributed by atoms with van der Waals surface area (Å²) in [6.45, 7) is 7.62. The number of ketones is 1. The number of hydrogen-bond donors (Lipinski definition) is 2. The first-order valence-electron chi connectivity index (χ1n) is 6.91. The van der Waals surface area contributed by atoms with Crippen molar-refractivity contribution in [3.8, 4) is 11.4 Å². The van der Waals surface area contributed by atoms with E-state index in [-0.39, 0.29) is 5.78 Å². The Bertz CT molecular complexity index is 680. The van der Waals surface area contributed by atoms with Crippen LogP contribution < -0.4 is 5.32 Å². The molecule has 5 heteroatoms. The van der Waals surface area contributed by atoms with E-state index in [0.29, 0.717) is 6.04 Å². The lowest BCUT2D eigenvalue weighted by atomic mass is 10.1. The summed E-state index contributed by atoms with van der Waals surface area (Å²) in [6.07, 6.45) is 2.48. The summed E-state index contributed by atoms with van der Waals surface area (Å²) >= 11 is 1.68. The van der Waals surface area contributed by atoms with Crippen LogP contribution in [0.15, 0.2) is 0 Å². The minimum absolute atomic E-state index is 0.103. The lowest BCUT2D eigenvalue weighted by Crippen LogP contribution is -1.99. The van der Waals surface area contributed by atoms with Crippen LogP contribution in [0.2, 0.25) is 0 Å². The van der Waals surface area contributed by atoms with E-state index in [9.17, 15) is 4.79 Å². The molecule has 4 nitrogen and oxygen atoms in total. The monoisotopic (exact) mass is 289 g/mol. The van der Waals surface area contributed by atoms with Gasteiger partial charge in [-0.1, -0.05) is 0 Å². The van der Waals surface area contributed by atoms with E-state index in [1.165, 1.54) is 17.7 Å². The van der Waals surface area contributed by atoms with E-state index in [1.807, 2.05) is 13.8 Å². The number of hydrogen-bond acceptors (Lipinski definition) is 4. The summed E-state index contributed by atoms with van der Waals surface area (Å²) in [6, 6.07) is 0.604. The van der Waals surface area contributed by atoms with Crippen molar-refractivity contribution >= 4 is 22.3 Å². The molecule has 2 aromatic rings. The Balaban J connectivity index is 2.02. The number of anilines is 1. The molecule has 1 saturated carbocycles. The predicted molar refractivity (Wildman–Crippen MR) is 82.8 cm³/mol. The first-order valence-corrected chi connectivity index (χ1v) is 7.73. The summed E-state index contributed by atoms with van der Waals surface area (Å²) in [7, 11) is 0. The molecule has 2 N–H and O–H groups in total. The van der Waals surface area contributed by atoms with Crippen LogP contribution in [0.25, 0.3) is 11.4 Å². The zero-order valence-electron chi connectivity index (χ0n) is 12.3. The van der Waals surface area contributed by atoms with E-state index in [4.69, 9.17) is 4.98 Å². The fourth-order valence-electron chi connectivity index (χ4n) is 2.61. The second kappa shape index (κ2) is 4.74. The standard InChI is InChI=1S/C15H19N3OS/c1-7-12(9(3)19)8(2)16-13(7)14-10(4)20-15(18-14)17-11-5-6-11/h11,16H,5-6H2,1-4H3,(H,17,18). The van der Waals surface area contributed by atoms with Crippen molar-refractivity contribution in [2.75, 3.05) is 5.32 Å². The zero-order chi connectivity index (χ0) is 14.4. The number of aryl methyl sites for hydroxylation is 2. The Labute approximate surface area is 122 Å². The molecule has 0 atom stereocenters. The summed E-state index contributed by atoms with van der Waals surface area (Å²) in [5, 5.41) is 4.42. The molecule has 0 bridgehead atoms. The average Bonchev–Trinajstić information content (AvgIpc) is 3.01. The van der Waals surface area contributed by atoms with Gasteiger partial charge in [-0.3, -0.25) is 4.79 Å². The average molecular weight is 289 g/mol. The minimum Gasteiger partial charge on any atom is -0.359 e. The van der Waals surface area contributed by atoms with E-state index in [0.717, 1.165) is 33.3 Å². The largest absolute Gasteiger partial charge is 0.359 e. The molecule has 1 aliphatic rings. The van der Waals surface area contributed by atoms with E-state index < -0.39 is 0 Å². The molecule has 2 heterocycles. The molecule has 0 radical (unpaired) electrons. The summed E-state index contributed by atoms with van der Waals surface area (Å²) < 4.78 is 0. The van der Waals surface area contributed by atoms with E-state index >= 15 is 0 Å². The van der Waals surface area contributed by atoms with Crippen LogP contribution in [0.5, 0.6) is 0 Å². The molecule has 0 saturated heterocycles. The van der Waals surface area contributed by atoms with Crippen molar-refractivity contribution in [2.45, 2.75) is 46.6 Å². The van der Waals surface area contributed by atoms with Gasteiger partial charge in [-0.25, -0.2) is 4.98 Å². The lowest BCUT2D eigenvalue weighted by molar-refractivity contribution is 0.101. The van der Waals surface area contributed by atoms with Gasteiger partial charge >= 0.3 is 0 Å². The highest BCUT2D eigenvalue weighted by Crippen LogP contribution is 2.35. The number of carbonyl (C=O) groups excluding carboxylic acids is 1. The van der Waals surface area contributed by atoms with Crippen LogP contribution in [0.3, 0.4) is 0 Å². The van der Waals surface area contributed by atoms with Crippen LogP contribution >= 0.6 is 11.3 Å². The van der Waals surface area contributed by atoms with Crippen LogP contribution in [-0.2, 0) is 0 Å². The van der Waals surface area contributed by atoms with E-state index in [2.05, 4.69) is 17.2 Å². The third kappa shape index (κ3) is 2.26. The van der Waals surface area contributed by atoms with E-state index in [1.54, 1.807) is 18.3 Å². The molecule has 0 aliphatic heterocycles. The second-order valence-electron chi connectivity index (χ2n) is 5.52. The number of aromatic nitrogens is 2. The van der Waals surface area contributed by atoms with Crippen molar-refractivity contribution in [2.24, 2.45) is 0 Å². The number of rotatable bonds is 4. The molecule has 20 heavy (non-hydrogen) atoms. The van der Waals surface area contributed by atoms with Crippen molar-refractivity contribution < 1.29 is 4.79 Å². The first-order chi connectivity index (χ1) is 9.47. The molecule has 0 aromatic carbocycles. The Kier molecular flexibility index (Phi) is 3.17. The van der Waals surface area contributed by atoms with Gasteiger partial charge in [0.15, 0.2) is 10.9 Å². The Morgan fingerprint density at radius 3 is 2.60 bits per heavy atom. The third-order valence-electron chi connectivity index (χ3n) is 3.73. The molecule has 0 amide bonds. The van der Waals surface area contributed by atoms with Crippen LogP contribution in [-0.4, -0.2) is 21.8 Å². The summed E-state index contributed by atoms with van der Waals surface area (Å²) in [5.74, 6) is 0.103. The normalized spacial score (nSPS) is 14.6. The Morgan fingerprint density at radius 1 is 1.35 bits per heavy atom. The SMILES string of the molecule is CC(=O)c1c(C)[nH]c(-c2nc(NC3CC3)sc2C)c1C. The van der Waals surface area contributed by atoms with Crippen molar-refractivity contribution in [1.82, 2.24) is 9.97 Å². The highest BCUT2D eigenvalue weighted by molar-refractivity contribution is 7.16. The van der Waals surface area contributed by atoms with Gasteiger partial charge < -0.3 is 10.3 Å². The lowest BCUT2D eigenvalue weighted by Gasteiger charge is -1.99. The first kappa shape index (κ1) is 13.4. The predicted octanol–water partition coefficient (Wildman–Crippen LogP) is 3.84. The minimum atomic E-state index is 0.103. The molecule has 3 rings (SSSR count). The van der Waals surface area contributed by atoms with Gasteiger partial charge in [0.1, 0.15) is 5.69 Å². The van der Waals surface area contributed by atoms with Gasteiger partial charge in [-0.15, -0.1) is 11.3 Å². The number of aromatic amines is 1. The van der Waals surface area contributed by atoms with Gasteiger partial charge in [0.2, 0.25) is 0 Å².